The van der Waals surface area contributed by atoms with Crippen molar-refractivity contribution in [3.8, 4) is 0 Å². The van der Waals surface area contributed by atoms with Gasteiger partial charge in [-0.05, 0) is 17.7 Å². The van der Waals surface area contributed by atoms with E-state index in [1.807, 2.05) is 36.4 Å². The van der Waals surface area contributed by atoms with Crippen molar-refractivity contribution in [2.24, 2.45) is 0 Å². The number of morpholine rings is 1. The van der Waals surface area contributed by atoms with E-state index in [2.05, 4.69) is 20.2 Å². The molecule has 26 heavy (non-hydrogen) atoms. The number of hydrogen-bond acceptors (Lipinski definition) is 5. The van der Waals surface area contributed by atoms with Crippen LogP contribution in [0.25, 0.3) is 10.9 Å². The number of carbonyl (C=O) groups is 1. The monoisotopic (exact) mass is 348 g/mol. The van der Waals surface area contributed by atoms with E-state index >= 15 is 0 Å². The van der Waals surface area contributed by atoms with E-state index < -0.39 is 0 Å². The number of pyridine rings is 2. The van der Waals surface area contributed by atoms with Crippen LogP contribution in [0, 0.1) is 0 Å². The maximum absolute atomic E-state index is 12.7. The van der Waals surface area contributed by atoms with Crippen LogP contribution in [0.1, 0.15) is 5.56 Å². The molecule has 1 saturated heterocycles. The molecule has 6 heteroatoms. The first-order chi connectivity index (χ1) is 12.8. The van der Waals surface area contributed by atoms with Gasteiger partial charge in [-0.2, -0.15) is 0 Å². The van der Waals surface area contributed by atoms with Crippen LogP contribution in [-0.2, 0) is 16.0 Å². The molecule has 3 heterocycles. The molecule has 1 aliphatic rings. The molecule has 0 atom stereocenters. The van der Waals surface area contributed by atoms with Gasteiger partial charge in [0.25, 0.3) is 0 Å². The molecule has 1 aromatic carbocycles. The van der Waals surface area contributed by atoms with Gasteiger partial charge in [0.05, 0.1) is 42.7 Å². The number of amides is 1. The van der Waals surface area contributed by atoms with Crippen LogP contribution < -0.4 is 10.2 Å². The zero-order valence-electron chi connectivity index (χ0n) is 14.4. The van der Waals surface area contributed by atoms with Gasteiger partial charge in [-0.25, -0.2) is 0 Å². The highest BCUT2D eigenvalue weighted by Gasteiger charge is 2.16. The number of benzene rings is 1. The Morgan fingerprint density at radius 2 is 1.96 bits per heavy atom. The molecular weight excluding hydrogens is 328 g/mol. The average Bonchev–Trinajstić information content (AvgIpc) is 2.69. The third kappa shape index (κ3) is 3.50. The minimum atomic E-state index is -0.0781. The van der Waals surface area contributed by atoms with Crippen LogP contribution in [0.4, 0.5) is 11.4 Å². The van der Waals surface area contributed by atoms with E-state index in [1.54, 1.807) is 18.6 Å². The summed E-state index contributed by atoms with van der Waals surface area (Å²) in [4.78, 5) is 23.4. The lowest BCUT2D eigenvalue weighted by atomic mass is 10.1. The Kier molecular flexibility index (Phi) is 4.75. The van der Waals surface area contributed by atoms with Crippen LogP contribution >= 0.6 is 0 Å². The Labute approximate surface area is 151 Å². The van der Waals surface area contributed by atoms with Gasteiger partial charge in [-0.15, -0.1) is 0 Å². The Morgan fingerprint density at radius 1 is 1.12 bits per heavy atom. The van der Waals surface area contributed by atoms with Crippen molar-refractivity contribution >= 4 is 28.2 Å². The van der Waals surface area contributed by atoms with E-state index in [1.165, 1.54) is 0 Å². The number of aromatic nitrogens is 2. The molecule has 1 fully saturated rings. The summed E-state index contributed by atoms with van der Waals surface area (Å²) < 4.78 is 5.41. The molecule has 0 radical (unpaired) electrons. The molecule has 1 aliphatic heterocycles. The van der Waals surface area contributed by atoms with Crippen molar-refractivity contribution in [1.82, 2.24) is 9.97 Å². The maximum Gasteiger partial charge on any atom is 0.228 e. The molecule has 3 aromatic rings. The summed E-state index contributed by atoms with van der Waals surface area (Å²) in [6, 6.07) is 11.7. The summed E-state index contributed by atoms with van der Waals surface area (Å²) in [6.45, 7) is 3.00. The number of hydrogen-bond donors (Lipinski definition) is 1. The van der Waals surface area contributed by atoms with Crippen LogP contribution in [0.2, 0.25) is 0 Å². The lowest BCUT2D eigenvalue weighted by molar-refractivity contribution is -0.115. The van der Waals surface area contributed by atoms with Crippen LogP contribution in [0.3, 0.4) is 0 Å². The van der Waals surface area contributed by atoms with E-state index in [4.69, 9.17) is 4.74 Å². The van der Waals surface area contributed by atoms with Crippen molar-refractivity contribution < 1.29 is 9.53 Å². The first-order valence-electron chi connectivity index (χ1n) is 8.70. The summed E-state index contributed by atoms with van der Waals surface area (Å²) in [5.74, 6) is -0.0781. The average molecular weight is 348 g/mol. The highest BCUT2D eigenvalue weighted by molar-refractivity contribution is 5.97. The normalized spacial score (nSPS) is 14.4. The second-order valence-corrected chi connectivity index (χ2v) is 6.21. The predicted molar refractivity (Wildman–Crippen MR) is 101 cm³/mol. The molecule has 1 N–H and O–H groups in total. The van der Waals surface area contributed by atoms with E-state index in [-0.39, 0.29) is 12.3 Å². The number of ether oxygens (including phenoxy) is 1. The largest absolute Gasteiger partial charge is 0.378 e. The molecule has 0 saturated carbocycles. The van der Waals surface area contributed by atoms with Crippen LogP contribution in [0.15, 0.2) is 55.0 Å². The minimum Gasteiger partial charge on any atom is -0.378 e. The minimum absolute atomic E-state index is 0.0781. The van der Waals surface area contributed by atoms with Crippen molar-refractivity contribution in [1.29, 1.82) is 0 Å². The molecule has 0 spiro atoms. The fourth-order valence-electron chi connectivity index (χ4n) is 3.24. The van der Waals surface area contributed by atoms with Gasteiger partial charge in [0.15, 0.2) is 0 Å². The predicted octanol–water partition coefficient (Wildman–Crippen LogP) is 2.65. The van der Waals surface area contributed by atoms with Gasteiger partial charge in [0.2, 0.25) is 5.91 Å². The van der Waals surface area contributed by atoms with Crippen LogP contribution in [-0.4, -0.2) is 42.2 Å². The number of nitrogens with one attached hydrogen (secondary N) is 1. The molecular formula is C20H20N4O2. The second kappa shape index (κ2) is 7.49. The highest BCUT2D eigenvalue weighted by atomic mass is 16.5. The molecule has 4 rings (SSSR count). The zero-order chi connectivity index (χ0) is 17.8. The molecule has 132 valence electrons. The molecule has 1 amide bonds. The number of fused-ring (bicyclic) bond motifs is 1. The fourth-order valence-corrected chi connectivity index (χ4v) is 3.24. The Balaban J connectivity index is 1.53. The molecule has 2 aromatic heterocycles. The number of rotatable bonds is 4. The van der Waals surface area contributed by atoms with Crippen molar-refractivity contribution in [3.05, 3.63) is 60.6 Å². The lowest BCUT2D eigenvalue weighted by Gasteiger charge is -2.30. The molecule has 0 unspecified atom stereocenters. The number of nitrogens with zero attached hydrogens (tertiary/aromatic N) is 3. The summed E-state index contributed by atoms with van der Waals surface area (Å²) in [5, 5.41) is 4.04. The van der Waals surface area contributed by atoms with Crippen molar-refractivity contribution in [2.75, 3.05) is 36.5 Å². The summed E-state index contributed by atoms with van der Waals surface area (Å²) >= 11 is 0. The third-order valence-electron chi connectivity index (χ3n) is 4.49. The second-order valence-electron chi connectivity index (χ2n) is 6.21. The van der Waals surface area contributed by atoms with Gasteiger partial charge in [0, 0.05) is 30.9 Å². The molecule has 0 aliphatic carbocycles. The summed E-state index contributed by atoms with van der Waals surface area (Å²) in [6.07, 6.45) is 5.46. The lowest BCUT2D eigenvalue weighted by Crippen LogP contribution is -2.36. The Morgan fingerprint density at radius 3 is 2.85 bits per heavy atom. The number of anilines is 2. The van der Waals surface area contributed by atoms with Crippen LogP contribution in [0.5, 0.6) is 0 Å². The van der Waals surface area contributed by atoms with Gasteiger partial charge in [0.1, 0.15) is 0 Å². The topological polar surface area (TPSA) is 67.4 Å². The van der Waals surface area contributed by atoms with Crippen molar-refractivity contribution in [3.63, 3.8) is 0 Å². The van der Waals surface area contributed by atoms with E-state index in [0.29, 0.717) is 13.2 Å². The van der Waals surface area contributed by atoms with Gasteiger partial charge in [-0.3, -0.25) is 14.8 Å². The highest BCUT2D eigenvalue weighted by Crippen LogP contribution is 2.26. The fraction of sp³-hybridized carbons (Fsp3) is 0.250. The third-order valence-corrected chi connectivity index (χ3v) is 4.49. The number of carbonyl (C=O) groups excluding carboxylic acids is 1. The Bertz CT molecular complexity index is 917. The van der Waals surface area contributed by atoms with Gasteiger partial charge in [-0.1, -0.05) is 24.3 Å². The first-order valence-corrected chi connectivity index (χ1v) is 8.70. The standard InChI is InChI=1S/C20H20N4O2/c25-19(13-16-4-1-3-15-5-2-7-22-20(15)16)23-17-14-21-8-6-18(17)24-9-11-26-12-10-24/h1-8,14H,9-13H2,(H,23,25). The molecule has 0 bridgehead atoms. The van der Waals surface area contributed by atoms with Gasteiger partial charge >= 0.3 is 0 Å². The van der Waals surface area contributed by atoms with Crippen molar-refractivity contribution in [2.45, 2.75) is 6.42 Å². The van der Waals surface area contributed by atoms with Gasteiger partial charge < -0.3 is 15.0 Å². The summed E-state index contributed by atoms with van der Waals surface area (Å²) in [7, 11) is 0. The zero-order valence-corrected chi connectivity index (χ0v) is 14.4. The van der Waals surface area contributed by atoms with E-state index in [9.17, 15) is 4.79 Å². The smallest absolute Gasteiger partial charge is 0.228 e. The number of para-hydroxylation sites is 1. The maximum atomic E-state index is 12.7. The SMILES string of the molecule is O=C(Cc1cccc2cccnc12)Nc1cnccc1N1CCOCC1. The summed E-state index contributed by atoms with van der Waals surface area (Å²) in [5.41, 5.74) is 3.49. The molecule has 6 nitrogen and oxygen atoms in total. The Hall–Kier alpha value is -2.99. The quantitative estimate of drug-likeness (QED) is 0.785. The van der Waals surface area contributed by atoms with E-state index in [0.717, 1.165) is 40.9 Å². The first kappa shape index (κ1) is 16.5.